The normalized spacial score (nSPS) is 10.5. The van der Waals surface area contributed by atoms with E-state index in [1.165, 1.54) is 11.3 Å². The van der Waals surface area contributed by atoms with Crippen molar-refractivity contribution in [3.63, 3.8) is 0 Å². The molecule has 0 aliphatic rings. The van der Waals surface area contributed by atoms with Gasteiger partial charge in [0.2, 0.25) is 0 Å². The fourth-order valence-corrected chi connectivity index (χ4v) is 2.37. The van der Waals surface area contributed by atoms with Crippen molar-refractivity contribution in [2.24, 2.45) is 0 Å². The van der Waals surface area contributed by atoms with E-state index in [9.17, 15) is 4.79 Å². The van der Waals surface area contributed by atoms with Crippen LogP contribution in [0.5, 0.6) is 0 Å². The van der Waals surface area contributed by atoms with Crippen molar-refractivity contribution >= 4 is 45.0 Å². The highest BCUT2D eigenvalue weighted by Crippen LogP contribution is 2.31. The quantitative estimate of drug-likeness (QED) is 0.582. The van der Waals surface area contributed by atoms with Crippen LogP contribution < -0.4 is 5.73 Å². The highest BCUT2D eigenvalue weighted by Gasteiger charge is 2.04. The molecule has 0 saturated carbocycles. The number of fused-ring (bicyclic) bond motifs is 1. The van der Waals surface area contributed by atoms with E-state index in [4.69, 9.17) is 17.3 Å². The molecule has 1 aromatic heterocycles. The Hall–Kier alpha value is -1.06. The summed E-state index contributed by atoms with van der Waals surface area (Å²) >= 11 is 7.26. The number of hydrogen-bond acceptors (Lipinski definition) is 3. The zero-order valence-electron chi connectivity index (χ0n) is 6.58. The number of anilines is 1. The lowest BCUT2D eigenvalue weighted by Gasteiger charge is -1.97. The first-order chi connectivity index (χ1) is 6.20. The van der Waals surface area contributed by atoms with Crippen LogP contribution in [0, 0.1) is 0 Å². The molecule has 2 rings (SSSR count). The zero-order chi connectivity index (χ0) is 9.42. The van der Waals surface area contributed by atoms with Gasteiger partial charge in [0.25, 0.3) is 0 Å². The second kappa shape index (κ2) is 3.01. The van der Waals surface area contributed by atoms with Crippen molar-refractivity contribution in [1.29, 1.82) is 0 Å². The highest BCUT2D eigenvalue weighted by molar-refractivity contribution is 7.22. The number of aldehydes is 1. The van der Waals surface area contributed by atoms with Gasteiger partial charge in [-0.3, -0.25) is 4.79 Å². The lowest BCUT2D eigenvalue weighted by Crippen LogP contribution is -1.91. The first-order valence-electron chi connectivity index (χ1n) is 3.64. The molecule has 66 valence electrons. The average molecular weight is 212 g/mol. The molecule has 2 aromatic rings. The second-order valence-corrected chi connectivity index (χ2v) is 4.40. The molecule has 0 spiro atoms. The van der Waals surface area contributed by atoms with Gasteiger partial charge in [0.15, 0.2) is 6.29 Å². The smallest absolute Gasteiger partial charge is 0.152 e. The molecule has 0 saturated heterocycles. The Bertz CT molecular complexity index is 478. The van der Waals surface area contributed by atoms with Gasteiger partial charge >= 0.3 is 0 Å². The zero-order valence-corrected chi connectivity index (χ0v) is 8.15. The number of rotatable bonds is 1. The van der Waals surface area contributed by atoms with Crippen LogP contribution in [0.3, 0.4) is 0 Å². The summed E-state index contributed by atoms with van der Waals surface area (Å²) in [5.74, 6) is 0. The molecule has 0 unspecified atom stereocenters. The Labute approximate surface area is 83.9 Å². The number of benzene rings is 1. The van der Waals surface area contributed by atoms with E-state index >= 15 is 0 Å². The molecular weight excluding hydrogens is 206 g/mol. The summed E-state index contributed by atoms with van der Waals surface area (Å²) in [6.45, 7) is 0. The summed E-state index contributed by atoms with van der Waals surface area (Å²) in [5, 5.41) is 0.984. The Morgan fingerprint density at radius 1 is 1.38 bits per heavy atom. The lowest BCUT2D eigenvalue weighted by atomic mass is 10.1. The largest absolute Gasteiger partial charge is 0.398 e. The maximum atomic E-state index is 10.6. The topological polar surface area (TPSA) is 43.1 Å². The van der Waals surface area contributed by atoms with E-state index in [-0.39, 0.29) is 0 Å². The third kappa shape index (κ3) is 1.41. The van der Waals surface area contributed by atoms with Crippen molar-refractivity contribution in [1.82, 2.24) is 0 Å². The number of nitrogens with two attached hydrogens (primary N) is 1. The van der Waals surface area contributed by atoms with Crippen LogP contribution in [0.1, 0.15) is 10.4 Å². The highest BCUT2D eigenvalue weighted by atomic mass is 35.5. The molecule has 1 aromatic carbocycles. The van der Waals surface area contributed by atoms with E-state index in [0.29, 0.717) is 15.6 Å². The summed E-state index contributed by atoms with van der Waals surface area (Å²) in [4.78, 5) is 10.6. The Morgan fingerprint density at radius 3 is 2.85 bits per heavy atom. The maximum absolute atomic E-state index is 10.6. The summed E-state index contributed by atoms with van der Waals surface area (Å²) in [6, 6.07) is 5.36. The number of hydrogen-bond donors (Lipinski definition) is 1. The SMILES string of the molecule is Nc1cc2cc(Cl)sc2cc1C=O. The molecule has 0 atom stereocenters. The van der Waals surface area contributed by atoms with Crippen LogP contribution >= 0.6 is 22.9 Å². The van der Waals surface area contributed by atoms with Crippen LogP contribution in [0.15, 0.2) is 18.2 Å². The fourth-order valence-electron chi connectivity index (χ4n) is 1.19. The second-order valence-electron chi connectivity index (χ2n) is 2.69. The van der Waals surface area contributed by atoms with Crippen molar-refractivity contribution in [2.75, 3.05) is 5.73 Å². The van der Waals surface area contributed by atoms with E-state index in [2.05, 4.69) is 0 Å². The molecule has 0 bridgehead atoms. The summed E-state index contributed by atoms with van der Waals surface area (Å²) in [5.41, 5.74) is 6.65. The van der Waals surface area contributed by atoms with Crippen molar-refractivity contribution in [3.8, 4) is 0 Å². The number of carbonyl (C=O) groups is 1. The number of halogens is 1. The molecule has 0 fully saturated rings. The van der Waals surface area contributed by atoms with Crippen LogP contribution in [0.4, 0.5) is 5.69 Å². The number of carbonyl (C=O) groups excluding carboxylic acids is 1. The monoisotopic (exact) mass is 211 g/mol. The van der Waals surface area contributed by atoms with Crippen LogP contribution in [-0.4, -0.2) is 6.29 Å². The summed E-state index contributed by atoms with van der Waals surface area (Å²) in [7, 11) is 0. The Kier molecular flexibility index (Phi) is 1.98. The predicted molar refractivity (Wildman–Crippen MR) is 56.6 cm³/mol. The molecule has 13 heavy (non-hydrogen) atoms. The molecule has 0 aliphatic heterocycles. The third-order valence-electron chi connectivity index (χ3n) is 1.82. The van der Waals surface area contributed by atoms with Crippen LogP contribution in [0.25, 0.3) is 10.1 Å². The lowest BCUT2D eigenvalue weighted by molar-refractivity contribution is 0.112. The van der Waals surface area contributed by atoms with Gasteiger partial charge in [-0.15, -0.1) is 11.3 Å². The van der Waals surface area contributed by atoms with Gasteiger partial charge in [0, 0.05) is 16.0 Å². The Morgan fingerprint density at radius 2 is 2.15 bits per heavy atom. The standard InChI is InChI=1S/C9H6ClNOS/c10-9-3-5-1-7(11)6(4-12)2-8(5)13-9/h1-4H,11H2. The minimum Gasteiger partial charge on any atom is -0.398 e. The molecule has 4 heteroatoms. The van der Waals surface area contributed by atoms with Gasteiger partial charge in [-0.05, 0) is 23.6 Å². The number of nitrogen functional groups attached to an aromatic ring is 1. The van der Waals surface area contributed by atoms with E-state index in [1.807, 2.05) is 6.07 Å². The molecule has 2 nitrogen and oxygen atoms in total. The summed E-state index contributed by atoms with van der Waals surface area (Å²) < 4.78 is 1.69. The molecule has 0 radical (unpaired) electrons. The van der Waals surface area contributed by atoms with Gasteiger partial charge in [0.05, 0.1) is 4.34 Å². The average Bonchev–Trinajstić information content (AvgIpc) is 2.42. The molecule has 1 heterocycles. The van der Waals surface area contributed by atoms with Gasteiger partial charge in [-0.1, -0.05) is 11.6 Å². The van der Waals surface area contributed by atoms with Crippen molar-refractivity contribution in [3.05, 3.63) is 28.1 Å². The van der Waals surface area contributed by atoms with Gasteiger partial charge in [-0.2, -0.15) is 0 Å². The van der Waals surface area contributed by atoms with Gasteiger partial charge in [-0.25, -0.2) is 0 Å². The fraction of sp³-hybridized carbons (Fsp3) is 0. The van der Waals surface area contributed by atoms with Crippen LogP contribution in [0.2, 0.25) is 4.34 Å². The maximum Gasteiger partial charge on any atom is 0.152 e. The van der Waals surface area contributed by atoms with Gasteiger partial charge < -0.3 is 5.73 Å². The van der Waals surface area contributed by atoms with Crippen molar-refractivity contribution in [2.45, 2.75) is 0 Å². The molecular formula is C9H6ClNOS. The molecule has 2 N–H and O–H groups in total. The number of thiophene rings is 1. The minimum absolute atomic E-state index is 0.497. The molecule has 0 aliphatic carbocycles. The minimum atomic E-state index is 0.497. The van der Waals surface area contributed by atoms with Crippen molar-refractivity contribution < 1.29 is 4.79 Å². The molecule has 0 amide bonds. The Balaban J connectivity index is 2.79. The van der Waals surface area contributed by atoms with E-state index < -0.39 is 0 Å². The third-order valence-corrected chi connectivity index (χ3v) is 3.05. The van der Waals surface area contributed by atoms with Crippen LogP contribution in [-0.2, 0) is 0 Å². The van der Waals surface area contributed by atoms with Gasteiger partial charge in [0.1, 0.15) is 0 Å². The first kappa shape index (κ1) is 8.53. The van der Waals surface area contributed by atoms with E-state index in [1.54, 1.807) is 12.1 Å². The van der Waals surface area contributed by atoms with E-state index in [0.717, 1.165) is 16.4 Å². The summed E-state index contributed by atoms with van der Waals surface area (Å²) in [6.07, 6.45) is 0.752. The predicted octanol–water partition coefficient (Wildman–Crippen LogP) is 2.95. The first-order valence-corrected chi connectivity index (χ1v) is 4.84.